The van der Waals surface area contributed by atoms with Gasteiger partial charge in [0.1, 0.15) is 10.7 Å². The fourth-order valence-electron chi connectivity index (χ4n) is 1.57. The highest BCUT2D eigenvalue weighted by molar-refractivity contribution is 9.11. The molecular formula is C13H10Br2N2OS. The summed E-state index contributed by atoms with van der Waals surface area (Å²) in [5.74, 6) is 1.06. The lowest BCUT2D eigenvalue weighted by molar-refractivity contribution is 0.458. The second kappa shape index (κ2) is 5.98. The van der Waals surface area contributed by atoms with Gasteiger partial charge < -0.3 is 10.5 Å². The second-order valence-corrected chi connectivity index (χ2v) is 6.06. The molecular weight excluding hydrogens is 392 g/mol. The van der Waals surface area contributed by atoms with Crippen LogP contribution in [0.1, 0.15) is 11.1 Å². The van der Waals surface area contributed by atoms with Crippen LogP contribution in [0.15, 0.2) is 39.4 Å². The number of pyridine rings is 1. The third kappa shape index (κ3) is 3.32. The van der Waals surface area contributed by atoms with E-state index in [9.17, 15) is 0 Å². The first kappa shape index (κ1) is 14.4. The Morgan fingerprint density at radius 3 is 2.68 bits per heavy atom. The highest BCUT2D eigenvalue weighted by Crippen LogP contribution is 2.33. The molecule has 0 fully saturated rings. The van der Waals surface area contributed by atoms with Crippen LogP contribution in [-0.4, -0.2) is 9.97 Å². The molecule has 3 nitrogen and oxygen atoms in total. The molecule has 0 aliphatic carbocycles. The van der Waals surface area contributed by atoms with E-state index in [2.05, 4.69) is 36.8 Å². The monoisotopic (exact) mass is 400 g/mol. The smallest absolute Gasteiger partial charge is 0.229 e. The lowest BCUT2D eigenvalue weighted by atomic mass is 10.1. The standard InChI is InChI=1S/C13H10Br2N2OS/c1-7-4-5-17-13(11(7)12(16)19)18-10-3-2-8(14)6-9(10)15/h2-6H,1H3,(H2,16,19). The number of aryl methyl sites for hydroxylation is 1. The van der Waals surface area contributed by atoms with Gasteiger partial charge in [0.2, 0.25) is 5.88 Å². The summed E-state index contributed by atoms with van der Waals surface area (Å²) in [5.41, 5.74) is 7.32. The van der Waals surface area contributed by atoms with Gasteiger partial charge in [0.25, 0.3) is 0 Å². The Kier molecular flexibility index (Phi) is 4.54. The predicted octanol–water partition coefficient (Wildman–Crippen LogP) is 4.34. The molecule has 0 saturated heterocycles. The van der Waals surface area contributed by atoms with E-state index in [1.165, 1.54) is 0 Å². The van der Waals surface area contributed by atoms with E-state index in [1.54, 1.807) is 6.20 Å². The van der Waals surface area contributed by atoms with Gasteiger partial charge in [-0.1, -0.05) is 28.1 Å². The molecule has 0 saturated carbocycles. The number of benzene rings is 1. The first-order chi connectivity index (χ1) is 8.99. The van der Waals surface area contributed by atoms with Crippen LogP contribution in [0.4, 0.5) is 0 Å². The normalized spacial score (nSPS) is 10.3. The van der Waals surface area contributed by atoms with Crippen molar-refractivity contribution in [3.63, 3.8) is 0 Å². The third-order valence-corrected chi connectivity index (χ3v) is 3.79. The van der Waals surface area contributed by atoms with Gasteiger partial charge in [-0.3, -0.25) is 0 Å². The Morgan fingerprint density at radius 1 is 1.32 bits per heavy atom. The van der Waals surface area contributed by atoms with E-state index in [0.717, 1.165) is 14.5 Å². The van der Waals surface area contributed by atoms with Crippen molar-refractivity contribution in [2.75, 3.05) is 0 Å². The quantitative estimate of drug-likeness (QED) is 0.777. The number of nitrogens with zero attached hydrogens (tertiary/aromatic N) is 1. The summed E-state index contributed by atoms with van der Waals surface area (Å²) < 4.78 is 7.57. The van der Waals surface area contributed by atoms with Crippen LogP contribution in [-0.2, 0) is 0 Å². The Hall–Kier alpha value is -0.980. The Balaban J connectivity index is 2.44. The SMILES string of the molecule is Cc1ccnc(Oc2ccc(Br)cc2Br)c1C(N)=S. The summed E-state index contributed by atoms with van der Waals surface area (Å²) >= 11 is 11.9. The molecule has 98 valence electrons. The van der Waals surface area contributed by atoms with E-state index >= 15 is 0 Å². The number of hydrogen-bond acceptors (Lipinski definition) is 3. The average Bonchev–Trinajstić information content (AvgIpc) is 2.32. The van der Waals surface area contributed by atoms with Gasteiger partial charge in [-0.15, -0.1) is 0 Å². The van der Waals surface area contributed by atoms with Gasteiger partial charge in [0, 0.05) is 10.7 Å². The molecule has 1 aromatic heterocycles. The molecule has 0 amide bonds. The van der Waals surface area contributed by atoms with Crippen LogP contribution >= 0.6 is 44.1 Å². The predicted molar refractivity (Wildman–Crippen MR) is 86.8 cm³/mol. The molecule has 0 unspecified atom stereocenters. The number of thiocarbonyl (C=S) groups is 1. The molecule has 1 aromatic carbocycles. The Labute approximate surface area is 133 Å². The number of aromatic nitrogens is 1. The minimum Gasteiger partial charge on any atom is -0.437 e. The van der Waals surface area contributed by atoms with Gasteiger partial charge >= 0.3 is 0 Å². The minimum atomic E-state index is 0.272. The molecule has 0 bridgehead atoms. The first-order valence-corrected chi connectivity index (χ1v) is 7.37. The summed E-state index contributed by atoms with van der Waals surface area (Å²) in [7, 11) is 0. The van der Waals surface area contributed by atoms with Crippen molar-refractivity contribution in [3.05, 3.63) is 50.5 Å². The Bertz CT molecular complexity index is 647. The Morgan fingerprint density at radius 2 is 2.05 bits per heavy atom. The maximum absolute atomic E-state index is 5.79. The lowest BCUT2D eigenvalue weighted by Crippen LogP contribution is -2.13. The molecule has 0 aliphatic rings. The highest BCUT2D eigenvalue weighted by Gasteiger charge is 2.13. The summed E-state index contributed by atoms with van der Waals surface area (Å²) in [6, 6.07) is 7.46. The zero-order valence-corrected chi connectivity index (χ0v) is 14.0. The van der Waals surface area contributed by atoms with Crippen molar-refractivity contribution in [2.24, 2.45) is 5.73 Å². The number of rotatable bonds is 3. The van der Waals surface area contributed by atoms with Crippen molar-refractivity contribution in [2.45, 2.75) is 6.92 Å². The number of ether oxygens (including phenoxy) is 1. The lowest BCUT2D eigenvalue weighted by Gasteiger charge is -2.12. The summed E-state index contributed by atoms with van der Waals surface area (Å²) in [5, 5.41) is 0. The molecule has 0 atom stereocenters. The van der Waals surface area contributed by atoms with Crippen molar-refractivity contribution < 1.29 is 4.74 Å². The topological polar surface area (TPSA) is 48.1 Å². The molecule has 0 spiro atoms. The van der Waals surface area contributed by atoms with E-state index in [0.29, 0.717) is 17.2 Å². The van der Waals surface area contributed by atoms with Gasteiger partial charge in [0.05, 0.1) is 10.0 Å². The van der Waals surface area contributed by atoms with Crippen LogP contribution in [0.3, 0.4) is 0 Å². The number of halogens is 2. The molecule has 1 heterocycles. The van der Waals surface area contributed by atoms with Crippen LogP contribution in [0.25, 0.3) is 0 Å². The maximum Gasteiger partial charge on any atom is 0.229 e. The van der Waals surface area contributed by atoms with Gasteiger partial charge in [-0.25, -0.2) is 4.98 Å². The number of nitrogens with two attached hydrogens (primary N) is 1. The fraction of sp³-hybridized carbons (Fsp3) is 0.0769. The second-order valence-electron chi connectivity index (χ2n) is 3.85. The van der Waals surface area contributed by atoms with Crippen LogP contribution < -0.4 is 10.5 Å². The molecule has 2 N–H and O–H groups in total. The highest BCUT2D eigenvalue weighted by atomic mass is 79.9. The first-order valence-electron chi connectivity index (χ1n) is 5.37. The largest absolute Gasteiger partial charge is 0.437 e. The molecule has 19 heavy (non-hydrogen) atoms. The zero-order chi connectivity index (χ0) is 14.0. The summed E-state index contributed by atoms with van der Waals surface area (Å²) in [4.78, 5) is 4.47. The third-order valence-electron chi connectivity index (χ3n) is 2.47. The van der Waals surface area contributed by atoms with E-state index in [4.69, 9.17) is 22.7 Å². The number of hydrogen-bond donors (Lipinski definition) is 1. The van der Waals surface area contributed by atoms with Gasteiger partial charge in [0.15, 0.2) is 0 Å². The van der Waals surface area contributed by atoms with Crippen molar-refractivity contribution in [1.82, 2.24) is 4.98 Å². The molecule has 2 aromatic rings. The van der Waals surface area contributed by atoms with Crippen molar-refractivity contribution in [3.8, 4) is 11.6 Å². The van der Waals surface area contributed by atoms with Crippen LogP contribution in [0.5, 0.6) is 11.6 Å². The van der Waals surface area contributed by atoms with Gasteiger partial charge in [-0.2, -0.15) is 0 Å². The summed E-state index contributed by atoms with van der Waals surface area (Å²) in [6.45, 7) is 1.92. The van der Waals surface area contributed by atoms with Crippen molar-refractivity contribution >= 4 is 49.1 Å². The van der Waals surface area contributed by atoms with Crippen molar-refractivity contribution in [1.29, 1.82) is 0 Å². The molecule has 0 radical (unpaired) electrons. The minimum absolute atomic E-state index is 0.272. The van der Waals surface area contributed by atoms with E-state index < -0.39 is 0 Å². The van der Waals surface area contributed by atoms with Gasteiger partial charge in [-0.05, 0) is 52.7 Å². The average molecular weight is 402 g/mol. The maximum atomic E-state index is 5.79. The van der Waals surface area contributed by atoms with Crippen LogP contribution in [0.2, 0.25) is 0 Å². The fourth-order valence-corrected chi connectivity index (χ4v) is 2.95. The molecule has 6 heteroatoms. The van der Waals surface area contributed by atoms with E-state index in [1.807, 2.05) is 31.2 Å². The van der Waals surface area contributed by atoms with Crippen LogP contribution in [0, 0.1) is 6.92 Å². The molecule has 0 aliphatic heterocycles. The summed E-state index contributed by atoms with van der Waals surface area (Å²) in [6.07, 6.45) is 1.67. The molecule has 2 rings (SSSR count). The zero-order valence-electron chi connectivity index (χ0n) is 9.98. The van der Waals surface area contributed by atoms with E-state index in [-0.39, 0.29) is 4.99 Å².